The number of allylic oxidation sites excluding steroid dienone is 2. The van der Waals surface area contributed by atoms with Gasteiger partial charge in [0.2, 0.25) is 0 Å². The van der Waals surface area contributed by atoms with Crippen molar-refractivity contribution in [3.8, 4) is 0 Å². The summed E-state index contributed by atoms with van der Waals surface area (Å²) < 4.78 is 19.8. The summed E-state index contributed by atoms with van der Waals surface area (Å²) in [6, 6.07) is 0. The van der Waals surface area contributed by atoms with E-state index in [9.17, 15) is 8.42 Å². The van der Waals surface area contributed by atoms with E-state index >= 15 is 0 Å². The SMILES string of the molecule is C/C=C(/C)[SH](=O)=O. The Labute approximate surface area is 44.8 Å². The van der Waals surface area contributed by atoms with Crippen molar-refractivity contribution in [3.63, 3.8) is 0 Å². The molecule has 0 rings (SSSR count). The summed E-state index contributed by atoms with van der Waals surface area (Å²) in [7, 11) is -2.30. The Bertz CT molecular complexity index is 136. The van der Waals surface area contributed by atoms with E-state index < -0.39 is 10.7 Å². The fourth-order valence-corrected chi connectivity index (χ4v) is 0.316. The maximum Gasteiger partial charge on any atom is 0.163 e. The first-order valence-corrected chi connectivity index (χ1v) is 3.13. The van der Waals surface area contributed by atoms with Crippen LogP contribution in [-0.2, 0) is 10.7 Å². The number of rotatable bonds is 1. The second-order valence-electron chi connectivity index (χ2n) is 1.19. The summed E-state index contributed by atoms with van der Waals surface area (Å²) in [6.07, 6.45) is 1.56. The molecular weight excluding hydrogens is 112 g/mol. The van der Waals surface area contributed by atoms with Crippen LogP contribution in [0.1, 0.15) is 13.8 Å². The third-order valence-electron chi connectivity index (χ3n) is 0.706. The summed E-state index contributed by atoms with van der Waals surface area (Å²) in [5.74, 6) is 0. The zero-order valence-electron chi connectivity index (χ0n) is 4.34. The minimum atomic E-state index is -2.30. The lowest BCUT2D eigenvalue weighted by Crippen LogP contribution is -1.73. The van der Waals surface area contributed by atoms with Crippen LogP contribution in [0, 0.1) is 0 Å². The topological polar surface area (TPSA) is 34.1 Å². The minimum Gasteiger partial charge on any atom is -0.227 e. The van der Waals surface area contributed by atoms with E-state index in [0.717, 1.165) is 0 Å². The average Bonchev–Trinajstić information content (AvgIpc) is 1.65. The molecule has 2 nitrogen and oxygen atoms in total. The van der Waals surface area contributed by atoms with Crippen molar-refractivity contribution in [2.75, 3.05) is 0 Å². The van der Waals surface area contributed by atoms with Gasteiger partial charge in [0.1, 0.15) is 0 Å². The molecule has 0 heterocycles. The molecule has 0 bridgehead atoms. The summed E-state index contributed by atoms with van der Waals surface area (Å²) in [5, 5.41) is 0. The van der Waals surface area contributed by atoms with Crippen molar-refractivity contribution >= 4 is 10.7 Å². The van der Waals surface area contributed by atoms with Gasteiger partial charge < -0.3 is 0 Å². The van der Waals surface area contributed by atoms with E-state index in [1.807, 2.05) is 0 Å². The van der Waals surface area contributed by atoms with Gasteiger partial charge in [0.25, 0.3) is 0 Å². The van der Waals surface area contributed by atoms with E-state index in [2.05, 4.69) is 0 Å². The molecule has 42 valence electrons. The Hall–Kier alpha value is -0.310. The highest BCUT2D eigenvalue weighted by molar-refractivity contribution is 7.76. The summed E-state index contributed by atoms with van der Waals surface area (Å²) in [6.45, 7) is 3.26. The van der Waals surface area contributed by atoms with Crippen molar-refractivity contribution in [2.45, 2.75) is 13.8 Å². The predicted octanol–water partition coefficient (Wildman–Crippen LogP) is 0.522. The molecule has 0 aliphatic carbocycles. The largest absolute Gasteiger partial charge is 0.227 e. The summed E-state index contributed by atoms with van der Waals surface area (Å²) >= 11 is 0. The Balaban J connectivity index is 4.10. The Morgan fingerprint density at radius 2 is 2.00 bits per heavy atom. The fraction of sp³-hybridized carbons (Fsp3) is 0.500. The molecule has 7 heavy (non-hydrogen) atoms. The summed E-state index contributed by atoms with van der Waals surface area (Å²) in [5.41, 5.74) is 0. The number of thiol groups is 1. The first kappa shape index (κ1) is 6.69. The molecule has 0 saturated heterocycles. The zero-order chi connectivity index (χ0) is 5.86. The monoisotopic (exact) mass is 120 g/mol. The van der Waals surface area contributed by atoms with Crippen LogP contribution in [0.25, 0.3) is 0 Å². The van der Waals surface area contributed by atoms with Gasteiger partial charge in [0.15, 0.2) is 10.7 Å². The van der Waals surface area contributed by atoms with Crippen LogP contribution in [-0.4, -0.2) is 8.42 Å². The van der Waals surface area contributed by atoms with E-state index in [0.29, 0.717) is 4.91 Å². The van der Waals surface area contributed by atoms with Crippen molar-refractivity contribution in [2.24, 2.45) is 0 Å². The van der Waals surface area contributed by atoms with Crippen LogP contribution < -0.4 is 0 Å². The Morgan fingerprint density at radius 3 is 2.00 bits per heavy atom. The van der Waals surface area contributed by atoms with Gasteiger partial charge in [-0.1, -0.05) is 6.08 Å². The lowest BCUT2D eigenvalue weighted by molar-refractivity contribution is 0.619. The highest BCUT2D eigenvalue weighted by Crippen LogP contribution is 1.88. The van der Waals surface area contributed by atoms with Crippen LogP contribution >= 0.6 is 0 Å². The highest BCUT2D eigenvalue weighted by atomic mass is 32.2. The lowest BCUT2D eigenvalue weighted by Gasteiger charge is -1.77. The zero-order valence-corrected chi connectivity index (χ0v) is 5.24. The molecule has 0 aromatic carbocycles. The predicted molar refractivity (Wildman–Crippen MR) is 29.7 cm³/mol. The molecule has 0 N–H and O–H groups in total. The molecule has 0 aliphatic rings. The second kappa shape index (κ2) is 2.80. The number of hydrogen-bond acceptors (Lipinski definition) is 2. The first-order valence-electron chi connectivity index (χ1n) is 1.95. The van der Waals surface area contributed by atoms with E-state index in [1.165, 1.54) is 0 Å². The molecule has 0 atom stereocenters. The molecule has 0 aromatic rings. The summed E-state index contributed by atoms with van der Waals surface area (Å²) in [4.78, 5) is 0.426. The van der Waals surface area contributed by atoms with E-state index in [1.54, 1.807) is 19.9 Å². The maximum absolute atomic E-state index is 9.90. The average molecular weight is 120 g/mol. The number of hydrogen-bond donors (Lipinski definition) is 1. The van der Waals surface area contributed by atoms with Crippen LogP contribution in [0.4, 0.5) is 0 Å². The molecule has 0 saturated carbocycles. The van der Waals surface area contributed by atoms with Crippen LogP contribution in [0.3, 0.4) is 0 Å². The van der Waals surface area contributed by atoms with Crippen molar-refractivity contribution in [1.29, 1.82) is 0 Å². The maximum atomic E-state index is 9.90. The van der Waals surface area contributed by atoms with Gasteiger partial charge in [0, 0.05) is 4.91 Å². The highest BCUT2D eigenvalue weighted by Gasteiger charge is 1.81. The third-order valence-corrected chi connectivity index (χ3v) is 1.54. The Morgan fingerprint density at radius 1 is 1.57 bits per heavy atom. The normalized spacial score (nSPS) is 12.7. The van der Waals surface area contributed by atoms with Crippen molar-refractivity contribution in [1.82, 2.24) is 0 Å². The third kappa shape index (κ3) is 2.39. The molecule has 0 aromatic heterocycles. The molecule has 0 aliphatic heterocycles. The van der Waals surface area contributed by atoms with Gasteiger partial charge in [-0.2, -0.15) is 0 Å². The molecule has 0 unspecified atom stereocenters. The van der Waals surface area contributed by atoms with Crippen molar-refractivity contribution in [3.05, 3.63) is 11.0 Å². The van der Waals surface area contributed by atoms with Gasteiger partial charge in [-0.05, 0) is 13.8 Å². The molecule has 3 heteroatoms. The van der Waals surface area contributed by atoms with Gasteiger partial charge in [0.05, 0.1) is 0 Å². The van der Waals surface area contributed by atoms with Crippen LogP contribution in [0.5, 0.6) is 0 Å². The molecule has 0 fully saturated rings. The fourth-order valence-electron chi connectivity index (χ4n) is 0.105. The standard InChI is InChI=1S/C4H8O2S/c1-3-4(2)7(5)6/h3,7H,1-2H3/b4-3-. The smallest absolute Gasteiger partial charge is 0.163 e. The van der Waals surface area contributed by atoms with Gasteiger partial charge >= 0.3 is 0 Å². The van der Waals surface area contributed by atoms with Crippen LogP contribution in [0.15, 0.2) is 11.0 Å². The van der Waals surface area contributed by atoms with Gasteiger partial charge in [-0.15, -0.1) is 0 Å². The second-order valence-corrected chi connectivity index (χ2v) is 2.41. The minimum absolute atomic E-state index is 0.426. The van der Waals surface area contributed by atoms with Gasteiger partial charge in [-0.25, -0.2) is 8.42 Å². The van der Waals surface area contributed by atoms with Crippen LogP contribution in [0.2, 0.25) is 0 Å². The lowest BCUT2D eigenvalue weighted by atomic mass is 10.6. The molecule has 0 spiro atoms. The van der Waals surface area contributed by atoms with E-state index in [-0.39, 0.29) is 0 Å². The first-order chi connectivity index (χ1) is 3.18. The van der Waals surface area contributed by atoms with Gasteiger partial charge in [-0.3, -0.25) is 0 Å². The van der Waals surface area contributed by atoms with E-state index in [4.69, 9.17) is 0 Å². The molecule has 0 amide bonds. The van der Waals surface area contributed by atoms with Crippen molar-refractivity contribution < 1.29 is 8.42 Å². The molecular formula is C4H8O2S. The Kier molecular flexibility index (Phi) is 2.67. The quantitative estimate of drug-likeness (QED) is 0.512. The molecule has 0 radical (unpaired) electrons.